The van der Waals surface area contributed by atoms with E-state index in [4.69, 9.17) is 4.74 Å². The van der Waals surface area contributed by atoms with Crippen LogP contribution >= 0.6 is 11.8 Å². The van der Waals surface area contributed by atoms with Crippen LogP contribution in [-0.2, 0) is 16.1 Å². The Kier molecular flexibility index (Phi) is 3.64. The predicted octanol–water partition coefficient (Wildman–Crippen LogP) is 1.39. The number of ether oxygens (including phenoxy) is 1. The van der Waals surface area contributed by atoms with Crippen LogP contribution in [0.25, 0.3) is 0 Å². The normalized spacial score (nSPS) is 20.1. The molecule has 1 fully saturated rings. The fourth-order valence-corrected chi connectivity index (χ4v) is 2.30. The van der Waals surface area contributed by atoms with Crippen molar-refractivity contribution >= 4 is 17.7 Å². The molecule has 0 radical (unpaired) electrons. The average molecular weight is 223 g/mol. The summed E-state index contributed by atoms with van der Waals surface area (Å²) >= 11 is 1.72. The molecule has 2 rings (SSSR count). The second-order valence-corrected chi connectivity index (χ2v) is 4.40. The summed E-state index contributed by atoms with van der Waals surface area (Å²) in [6, 6.07) is 9.59. The third-order valence-electron chi connectivity index (χ3n) is 2.22. The lowest BCUT2D eigenvalue weighted by molar-refractivity contribution is -0.146. The SMILES string of the molecule is O=C(OCc1ccccc1)C1CSCN1. The summed E-state index contributed by atoms with van der Waals surface area (Å²) in [6.45, 7) is 0.364. The van der Waals surface area contributed by atoms with Gasteiger partial charge >= 0.3 is 5.97 Å². The van der Waals surface area contributed by atoms with Crippen molar-refractivity contribution in [3.05, 3.63) is 35.9 Å². The van der Waals surface area contributed by atoms with Crippen LogP contribution in [0.5, 0.6) is 0 Å². The van der Waals surface area contributed by atoms with Gasteiger partial charge in [-0.1, -0.05) is 30.3 Å². The molecule has 0 saturated carbocycles. The van der Waals surface area contributed by atoms with Crippen LogP contribution in [0.2, 0.25) is 0 Å². The van der Waals surface area contributed by atoms with Gasteiger partial charge in [0.15, 0.2) is 0 Å². The van der Waals surface area contributed by atoms with E-state index in [2.05, 4.69) is 5.32 Å². The van der Waals surface area contributed by atoms with Crippen LogP contribution in [0.1, 0.15) is 5.56 Å². The zero-order valence-electron chi connectivity index (χ0n) is 8.31. The fourth-order valence-electron chi connectivity index (χ4n) is 1.38. The number of nitrogens with one attached hydrogen (secondary N) is 1. The first-order valence-electron chi connectivity index (χ1n) is 4.88. The highest BCUT2D eigenvalue weighted by Gasteiger charge is 2.23. The van der Waals surface area contributed by atoms with Gasteiger partial charge in [0.05, 0.1) is 0 Å². The monoisotopic (exact) mass is 223 g/mol. The molecule has 3 nitrogen and oxygen atoms in total. The van der Waals surface area contributed by atoms with Crippen molar-refractivity contribution in [2.75, 3.05) is 11.6 Å². The molecule has 1 N–H and O–H groups in total. The minimum Gasteiger partial charge on any atom is -0.460 e. The maximum absolute atomic E-state index is 11.5. The van der Waals surface area contributed by atoms with Crippen molar-refractivity contribution in [3.8, 4) is 0 Å². The molecule has 0 amide bonds. The van der Waals surface area contributed by atoms with Crippen LogP contribution in [0.3, 0.4) is 0 Å². The summed E-state index contributed by atoms with van der Waals surface area (Å²) in [4.78, 5) is 11.5. The number of carbonyl (C=O) groups is 1. The number of hydrogen-bond acceptors (Lipinski definition) is 4. The molecule has 0 bridgehead atoms. The van der Waals surface area contributed by atoms with Crippen LogP contribution in [-0.4, -0.2) is 23.6 Å². The lowest BCUT2D eigenvalue weighted by atomic mass is 10.2. The highest BCUT2D eigenvalue weighted by atomic mass is 32.2. The number of hydrogen-bond donors (Lipinski definition) is 1. The van der Waals surface area contributed by atoms with E-state index in [0.29, 0.717) is 6.61 Å². The quantitative estimate of drug-likeness (QED) is 0.786. The van der Waals surface area contributed by atoms with Crippen molar-refractivity contribution in [2.24, 2.45) is 0 Å². The van der Waals surface area contributed by atoms with Crippen molar-refractivity contribution in [1.29, 1.82) is 0 Å². The number of rotatable bonds is 3. The smallest absolute Gasteiger partial charge is 0.324 e. The van der Waals surface area contributed by atoms with Gasteiger partial charge in [-0.3, -0.25) is 10.1 Å². The van der Waals surface area contributed by atoms with Gasteiger partial charge in [-0.05, 0) is 5.56 Å². The van der Waals surface area contributed by atoms with Crippen molar-refractivity contribution in [2.45, 2.75) is 12.6 Å². The summed E-state index contributed by atoms with van der Waals surface area (Å²) in [6.07, 6.45) is 0. The molecule has 0 aromatic heterocycles. The van der Waals surface area contributed by atoms with Crippen molar-refractivity contribution < 1.29 is 9.53 Å². The Balaban J connectivity index is 1.80. The Morgan fingerprint density at radius 2 is 2.27 bits per heavy atom. The Morgan fingerprint density at radius 1 is 1.47 bits per heavy atom. The van der Waals surface area contributed by atoms with E-state index in [9.17, 15) is 4.79 Å². The summed E-state index contributed by atoms with van der Waals surface area (Å²) in [5, 5.41) is 3.08. The van der Waals surface area contributed by atoms with Gasteiger partial charge in [0.25, 0.3) is 0 Å². The topological polar surface area (TPSA) is 38.3 Å². The Labute approximate surface area is 93.2 Å². The molecule has 1 aromatic carbocycles. The van der Waals surface area contributed by atoms with Gasteiger partial charge in [-0.25, -0.2) is 0 Å². The largest absolute Gasteiger partial charge is 0.460 e. The highest BCUT2D eigenvalue weighted by Crippen LogP contribution is 2.11. The van der Waals surface area contributed by atoms with Gasteiger partial charge in [-0.2, -0.15) is 0 Å². The standard InChI is InChI=1S/C11H13NO2S/c13-11(10-7-15-8-12-10)14-6-9-4-2-1-3-5-9/h1-5,10,12H,6-8H2. The molecule has 0 spiro atoms. The minimum absolute atomic E-state index is 0.126. The molecule has 1 atom stereocenters. The molecular weight excluding hydrogens is 210 g/mol. The second kappa shape index (κ2) is 5.19. The Bertz CT molecular complexity index is 323. The van der Waals surface area contributed by atoms with Crippen LogP contribution in [0, 0.1) is 0 Å². The molecule has 15 heavy (non-hydrogen) atoms. The van der Waals surface area contributed by atoms with Crippen molar-refractivity contribution in [3.63, 3.8) is 0 Å². The fraction of sp³-hybridized carbons (Fsp3) is 0.364. The van der Waals surface area contributed by atoms with E-state index < -0.39 is 0 Å². The molecule has 0 aliphatic carbocycles. The number of esters is 1. The lowest BCUT2D eigenvalue weighted by Gasteiger charge is -2.09. The third kappa shape index (κ3) is 2.97. The van der Waals surface area contributed by atoms with Gasteiger partial charge in [0, 0.05) is 11.6 Å². The highest BCUT2D eigenvalue weighted by molar-refractivity contribution is 7.99. The van der Waals surface area contributed by atoms with E-state index in [1.165, 1.54) is 0 Å². The summed E-state index contributed by atoms with van der Waals surface area (Å²) in [5.41, 5.74) is 1.02. The Hall–Kier alpha value is -1.00. The summed E-state index contributed by atoms with van der Waals surface area (Å²) in [7, 11) is 0. The van der Waals surface area contributed by atoms with E-state index in [-0.39, 0.29) is 12.0 Å². The maximum Gasteiger partial charge on any atom is 0.324 e. The number of carbonyl (C=O) groups excluding carboxylic acids is 1. The molecule has 4 heteroatoms. The number of benzene rings is 1. The van der Waals surface area contributed by atoms with E-state index in [1.807, 2.05) is 30.3 Å². The van der Waals surface area contributed by atoms with Gasteiger partial charge in [-0.15, -0.1) is 11.8 Å². The van der Waals surface area contributed by atoms with E-state index in [0.717, 1.165) is 17.2 Å². The second-order valence-electron chi connectivity index (χ2n) is 3.37. The maximum atomic E-state index is 11.5. The molecule has 1 unspecified atom stereocenters. The van der Waals surface area contributed by atoms with Gasteiger partial charge in [0.1, 0.15) is 12.6 Å². The molecule has 1 saturated heterocycles. The van der Waals surface area contributed by atoms with Crippen LogP contribution < -0.4 is 5.32 Å². The zero-order valence-corrected chi connectivity index (χ0v) is 9.13. The van der Waals surface area contributed by atoms with Gasteiger partial charge in [0.2, 0.25) is 0 Å². The molecule has 80 valence electrons. The zero-order chi connectivity index (χ0) is 10.5. The van der Waals surface area contributed by atoms with Crippen LogP contribution in [0.4, 0.5) is 0 Å². The summed E-state index contributed by atoms with van der Waals surface area (Å²) in [5.74, 6) is 1.50. The summed E-state index contributed by atoms with van der Waals surface area (Å²) < 4.78 is 5.20. The lowest BCUT2D eigenvalue weighted by Crippen LogP contribution is -2.34. The van der Waals surface area contributed by atoms with Crippen molar-refractivity contribution in [1.82, 2.24) is 5.32 Å². The van der Waals surface area contributed by atoms with E-state index in [1.54, 1.807) is 11.8 Å². The first kappa shape index (κ1) is 10.5. The molecular formula is C11H13NO2S. The molecule has 1 aromatic rings. The predicted molar refractivity (Wildman–Crippen MR) is 60.5 cm³/mol. The third-order valence-corrected chi connectivity index (χ3v) is 3.16. The first-order chi connectivity index (χ1) is 7.36. The van der Waals surface area contributed by atoms with E-state index >= 15 is 0 Å². The first-order valence-corrected chi connectivity index (χ1v) is 6.03. The average Bonchev–Trinajstić information content (AvgIpc) is 2.81. The Morgan fingerprint density at radius 3 is 2.93 bits per heavy atom. The van der Waals surface area contributed by atoms with Gasteiger partial charge < -0.3 is 4.74 Å². The molecule has 1 aliphatic heterocycles. The molecule has 1 aliphatic rings. The number of thioether (sulfide) groups is 1. The minimum atomic E-state index is -0.149. The molecule has 1 heterocycles. The van der Waals surface area contributed by atoms with Crippen LogP contribution in [0.15, 0.2) is 30.3 Å².